The van der Waals surface area contributed by atoms with Crippen molar-refractivity contribution in [2.75, 3.05) is 20.3 Å². The second-order valence-corrected chi connectivity index (χ2v) is 3.68. The first kappa shape index (κ1) is 12.7. The van der Waals surface area contributed by atoms with E-state index in [1.807, 2.05) is 6.07 Å². The van der Waals surface area contributed by atoms with Crippen molar-refractivity contribution >= 4 is 5.65 Å². The Morgan fingerprint density at radius 2 is 2.28 bits per heavy atom. The van der Waals surface area contributed by atoms with Crippen LogP contribution in [0.15, 0.2) is 35.3 Å². The Labute approximate surface area is 104 Å². The molecule has 0 fully saturated rings. The number of pyridine rings is 1. The van der Waals surface area contributed by atoms with Gasteiger partial charge in [0.25, 0.3) is 5.56 Å². The Balaban J connectivity index is 2.03. The van der Waals surface area contributed by atoms with Gasteiger partial charge in [-0.25, -0.2) is 4.98 Å². The third kappa shape index (κ3) is 3.13. The molecule has 96 valence electrons. The summed E-state index contributed by atoms with van der Waals surface area (Å²) in [7, 11) is 1.61. The van der Waals surface area contributed by atoms with E-state index < -0.39 is 0 Å². The number of hydrogen-bond donors (Lipinski definition) is 1. The van der Waals surface area contributed by atoms with E-state index in [-0.39, 0.29) is 5.56 Å². The van der Waals surface area contributed by atoms with Crippen LogP contribution in [0.25, 0.3) is 5.65 Å². The molecule has 2 aromatic heterocycles. The van der Waals surface area contributed by atoms with E-state index in [4.69, 9.17) is 9.57 Å². The molecule has 0 atom stereocenters. The SMILES string of the molecule is COCCONCc1cc(=O)n2ccccc2n1. The summed E-state index contributed by atoms with van der Waals surface area (Å²) >= 11 is 0. The lowest BCUT2D eigenvalue weighted by Crippen LogP contribution is -2.21. The Kier molecular flexibility index (Phi) is 4.40. The predicted molar refractivity (Wildman–Crippen MR) is 66.1 cm³/mol. The largest absolute Gasteiger partial charge is 0.382 e. The summed E-state index contributed by atoms with van der Waals surface area (Å²) in [5.41, 5.74) is 3.90. The molecule has 0 amide bonds. The number of fused-ring (bicyclic) bond motifs is 1. The van der Waals surface area contributed by atoms with E-state index in [0.717, 1.165) is 0 Å². The molecule has 0 saturated carbocycles. The molecule has 0 unspecified atom stereocenters. The van der Waals surface area contributed by atoms with Crippen LogP contribution in [0.2, 0.25) is 0 Å². The Morgan fingerprint density at radius 3 is 3.11 bits per heavy atom. The van der Waals surface area contributed by atoms with Crippen LogP contribution >= 0.6 is 0 Å². The van der Waals surface area contributed by atoms with E-state index in [2.05, 4.69) is 10.5 Å². The van der Waals surface area contributed by atoms with Gasteiger partial charge in [-0.15, -0.1) is 0 Å². The summed E-state index contributed by atoms with van der Waals surface area (Å²) in [5.74, 6) is 0. The highest BCUT2D eigenvalue weighted by molar-refractivity contribution is 5.37. The third-order valence-electron chi connectivity index (χ3n) is 2.37. The first-order chi connectivity index (χ1) is 8.81. The second-order valence-electron chi connectivity index (χ2n) is 3.68. The average Bonchev–Trinajstić information content (AvgIpc) is 2.39. The Hall–Kier alpha value is -1.76. The van der Waals surface area contributed by atoms with Gasteiger partial charge < -0.3 is 4.74 Å². The van der Waals surface area contributed by atoms with Crippen molar-refractivity contribution in [2.45, 2.75) is 6.54 Å². The topological polar surface area (TPSA) is 64.9 Å². The van der Waals surface area contributed by atoms with Crippen molar-refractivity contribution in [3.63, 3.8) is 0 Å². The zero-order chi connectivity index (χ0) is 12.8. The monoisotopic (exact) mass is 249 g/mol. The molecule has 0 aliphatic rings. The standard InChI is InChI=1S/C12H15N3O3/c1-17-6-7-18-13-9-10-8-12(16)15-5-3-2-4-11(15)14-10/h2-5,8,13H,6-7,9H2,1H3. The van der Waals surface area contributed by atoms with Crippen molar-refractivity contribution in [2.24, 2.45) is 0 Å². The minimum Gasteiger partial charge on any atom is -0.382 e. The lowest BCUT2D eigenvalue weighted by molar-refractivity contribution is 0.00299. The first-order valence-corrected chi connectivity index (χ1v) is 5.62. The second kappa shape index (κ2) is 6.25. The summed E-state index contributed by atoms with van der Waals surface area (Å²) < 4.78 is 6.33. The molecule has 0 bridgehead atoms. The lowest BCUT2D eigenvalue weighted by Gasteiger charge is -2.06. The fourth-order valence-electron chi connectivity index (χ4n) is 1.52. The highest BCUT2D eigenvalue weighted by Gasteiger charge is 2.01. The maximum absolute atomic E-state index is 11.8. The van der Waals surface area contributed by atoms with Crippen LogP contribution < -0.4 is 11.0 Å². The molecule has 6 nitrogen and oxygen atoms in total. The number of rotatable bonds is 6. The minimum absolute atomic E-state index is 0.103. The van der Waals surface area contributed by atoms with Gasteiger partial charge in [0.05, 0.1) is 25.5 Å². The molecule has 0 radical (unpaired) electrons. The molecular weight excluding hydrogens is 234 g/mol. The number of hydroxylamine groups is 1. The molecule has 2 aromatic rings. The van der Waals surface area contributed by atoms with E-state index >= 15 is 0 Å². The van der Waals surface area contributed by atoms with Crippen molar-refractivity contribution in [1.82, 2.24) is 14.9 Å². The van der Waals surface area contributed by atoms with Gasteiger partial charge in [-0.1, -0.05) is 6.07 Å². The minimum atomic E-state index is -0.103. The van der Waals surface area contributed by atoms with E-state index in [9.17, 15) is 4.79 Å². The molecule has 2 heterocycles. The van der Waals surface area contributed by atoms with Gasteiger partial charge in [0.1, 0.15) is 5.65 Å². The van der Waals surface area contributed by atoms with Crippen molar-refractivity contribution in [3.8, 4) is 0 Å². The van der Waals surface area contributed by atoms with Gasteiger partial charge in [0, 0.05) is 19.4 Å². The number of nitrogens with one attached hydrogen (secondary N) is 1. The number of hydrogen-bond acceptors (Lipinski definition) is 5. The summed E-state index contributed by atoms with van der Waals surface area (Å²) in [6, 6.07) is 6.91. The molecule has 2 rings (SSSR count). The third-order valence-corrected chi connectivity index (χ3v) is 2.37. The first-order valence-electron chi connectivity index (χ1n) is 5.62. The summed E-state index contributed by atoms with van der Waals surface area (Å²) in [6.45, 7) is 1.34. The zero-order valence-electron chi connectivity index (χ0n) is 10.1. The molecule has 6 heteroatoms. The van der Waals surface area contributed by atoms with Crippen LogP contribution in [-0.2, 0) is 16.1 Å². The van der Waals surface area contributed by atoms with Crippen LogP contribution in [0.1, 0.15) is 5.69 Å². The number of nitrogens with zero attached hydrogens (tertiary/aromatic N) is 2. The van der Waals surface area contributed by atoms with Crippen LogP contribution in [0.4, 0.5) is 0 Å². The van der Waals surface area contributed by atoms with Gasteiger partial charge in [-0.05, 0) is 12.1 Å². The summed E-state index contributed by atoms with van der Waals surface area (Å²) in [4.78, 5) is 21.2. The van der Waals surface area contributed by atoms with E-state index in [1.165, 1.54) is 10.5 Å². The van der Waals surface area contributed by atoms with Crippen molar-refractivity contribution in [3.05, 3.63) is 46.5 Å². The zero-order valence-corrected chi connectivity index (χ0v) is 10.1. The molecule has 0 spiro atoms. The fraction of sp³-hybridized carbons (Fsp3) is 0.333. The van der Waals surface area contributed by atoms with Crippen LogP contribution in [0.5, 0.6) is 0 Å². The smallest absolute Gasteiger partial charge is 0.258 e. The van der Waals surface area contributed by atoms with Crippen LogP contribution in [-0.4, -0.2) is 29.7 Å². The van der Waals surface area contributed by atoms with Gasteiger partial charge >= 0.3 is 0 Å². The quantitative estimate of drug-likeness (QED) is 0.591. The number of ether oxygens (including phenoxy) is 1. The highest BCUT2D eigenvalue weighted by atomic mass is 16.7. The van der Waals surface area contributed by atoms with E-state index in [1.54, 1.807) is 25.4 Å². The van der Waals surface area contributed by atoms with Crippen molar-refractivity contribution < 1.29 is 9.57 Å². The number of aromatic nitrogens is 2. The normalized spacial score (nSPS) is 10.9. The van der Waals surface area contributed by atoms with Crippen molar-refractivity contribution in [1.29, 1.82) is 0 Å². The average molecular weight is 249 g/mol. The summed E-state index contributed by atoms with van der Waals surface area (Å²) in [5, 5.41) is 0. The molecule has 18 heavy (non-hydrogen) atoms. The Bertz CT molecular complexity index is 568. The van der Waals surface area contributed by atoms with E-state index in [0.29, 0.717) is 31.1 Å². The van der Waals surface area contributed by atoms with Crippen LogP contribution in [0, 0.1) is 0 Å². The Morgan fingerprint density at radius 1 is 1.39 bits per heavy atom. The molecule has 0 aromatic carbocycles. The summed E-state index contributed by atoms with van der Waals surface area (Å²) in [6.07, 6.45) is 1.69. The van der Waals surface area contributed by atoms with Crippen LogP contribution in [0.3, 0.4) is 0 Å². The molecule has 1 N–H and O–H groups in total. The predicted octanol–water partition coefficient (Wildman–Crippen LogP) is 0.362. The highest BCUT2D eigenvalue weighted by Crippen LogP contribution is 1.98. The van der Waals surface area contributed by atoms with Gasteiger partial charge in [0.15, 0.2) is 0 Å². The molecule has 0 aliphatic heterocycles. The molecular formula is C12H15N3O3. The van der Waals surface area contributed by atoms with Gasteiger partial charge in [0.2, 0.25) is 0 Å². The maximum atomic E-state index is 11.8. The number of methoxy groups -OCH3 is 1. The lowest BCUT2D eigenvalue weighted by atomic mass is 10.4. The molecule has 0 saturated heterocycles. The fourth-order valence-corrected chi connectivity index (χ4v) is 1.52. The maximum Gasteiger partial charge on any atom is 0.258 e. The van der Waals surface area contributed by atoms with Gasteiger partial charge in [-0.3, -0.25) is 14.0 Å². The van der Waals surface area contributed by atoms with Gasteiger partial charge in [-0.2, -0.15) is 5.48 Å². The molecule has 0 aliphatic carbocycles.